The van der Waals surface area contributed by atoms with Crippen LogP contribution in [0.3, 0.4) is 0 Å². The van der Waals surface area contributed by atoms with Crippen molar-refractivity contribution in [2.75, 3.05) is 45.1 Å². The van der Waals surface area contributed by atoms with E-state index in [9.17, 15) is 13.2 Å². The van der Waals surface area contributed by atoms with Gasteiger partial charge in [-0.25, -0.2) is 8.42 Å². The Morgan fingerprint density at radius 1 is 1.14 bits per heavy atom. The average Bonchev–Trinajstić information content (AvgIpc) is 2.68. The van der Waals surface area contributed by atoms with E-state index in [1.54, 1.807) is 11.2 Å². The van der Waals surface area contributed by atoms with Gasteiger partial charge in [0.05, 0.1) is 11.9 Å². The van der Waals surface area contributed by atoms with Crippen molar-refractivity contribution < 1.29 is 17.9 Å². The van der Waals surface area contributed by atoms with Crippen LogP contribution in [-0.2, 0) is 21.3 Å². The molecule has 2 rings (SSSR count). The number of nitrogens with one attached hydrogen (secondary N) is 1. The molecular formula is C20H33N3O4S. The van der Waals surface area contributed by atoms with Crippen LogP contribution in [0, 0.1) is 0 Å². The summed E-state index contributed by atoms with van der Waals surface area (Å²) in [5, 5.41) is 2.91. The molecule has 0 atom stereocenters. The number of nitrogens with zero attached hydrogens (tertiary/aromatic N) is 2. The number of ether oxygens (including phenoxy) is 1. The number of hydrogen-bond acceptors (Lipinski definition) is 5. The van der Waals surface area contributed by atoms with E-state index in [-0.39, 0.29) is 17.8 Å². The van der Waals surface area contributed by atoms with Crippen LogP contribution >= 0.6 is 0 Å². The lowest BCUT2D eigenvalue weighted by molar-refractivity contribution is 0.0757. The molecule has 0 bridgehead atoms. The number of piperazine rings is 1. The smallest absolute Gasteiger partial charge is 0.251 e. The van der Waals surface area contributed by atoms with Gasteiger partial charge in [-0.15, -0.1) is 0 Å². The minimum atomic E-state index is -3.09. The molecule has 0 radical (unpaired) electrons. The summed E-state index contributed by atoms with van der Waals surface area (Å²) in [5.74, 6) is 0.0795. The molecule has 1 saturated heterocycles. The SMILES string of the molecule is CCS(=O)(=O)N1CCN(Cc2ccc(C(=O)NCCCOC(C)C)cc2)CC1. The zero-order chi connectivity index (χ0) is 20.6. The Bertz CT molecular complexity index is 711. The first-order valence-electron chi connectivity index (χ1n) is 10.0. The van der Waals surface area contributed by atoms with Crippen molar-refractivity contribution in [1.29, 1.82) is 0 Å². The summed E-state index contributed by atoms with van der Waals surface area (Å²) in [6.07, 6.45) is 1.00. The predicted octanol–water partition coefficient (Wildman–Crippen LogP) is 1.70. The summed E-state index contributed by atoms with van der Waals surface area (Å²) in [6.45, 7) is 10.2. The quantitative estimate of drug-likeness (QED) is 0.593. The number of hydrogen-bond donors (Lipinski definition) is 1. The minimum absolute atomic E-state index is 0.0746. The lowest BCUT2D eigenvalue weighted by Crippen LogP contribution is -2.48. The molecule has 158 valence electrons. The van der Waals surface area contributed by atoms with Gasteiger partial charge in [-0.3, -0.25) is 9.69 Å². The van der Waals surface area contributed by atoms with Crippen LogP contribution in [0.25, 0.3) is 0 Å². The van der Waals surface area contributed by atoms with Crippen molar-refractivity contribution in [3.63, 3.8) is 0 Å². The van der Waals surface area contributed by atoms with E-state index in [0.29, 0.717) is 31.8 Å². The summed E-state index contributed by atoms with van der Waals surface area (Å²) in [6, 6.07) is 7.61. The largest absolute Gasteiger partial charge is 0.379 e. The van der Waals surface area contributed by atoms with Crippen LogP contribution in [0.2, 0.25) is 0 Å². The lowest BCUT2D eigenvalue weighted by atomic mass is 10.1. The molecule has 0 spiro atoms. The Balaban J connectivity index is 1.75. The molecule has 1 fully saturated rings. The van der Waals surface area contributed by atoms with Gasteiger partial charge in [-0.05, 0) is 44.9 Å². The first-order chi connectivity index (χ1) is 13.3. The maximum absolute atomic E-state index is 12.2. The maximum atomic E-state index is 12.2. The van der Waals surface area contributed by atoms with E-state index in [1.807, 2.05) is 38.1 Å². The first-order valence-corrected chi connectivity index (χ1v) is 11.6. The standard InChI is InChI=1S/C20H33N3O4S/c1-4-28(25,26)23-13-11-22(12-14-23)16-18-6-8-19(9-7-18)20(24)21-10-5-15-27-17(2)3/h6-9,17H,4-5,10-16H2,1-3H3,(H,21,24). The normalized spacial score (nSPS) is 16.4. The van der Waals surface area contributed by atoms with Crippen molar-refractivity contribution in [2.24, 2.45) is 0 Å². The Kier molecular flexibility index (Phi) is 8.88. The van der Waals surface area contributed by atoms with Crippen LogP contribution in [0.4, 0.5) is 0 Å². The Morgan fingerprint density at radius 2 is 1.79 bits per heavy atom. The monoisotopic (exact) mass is 411 g/mol. The predicted molar refractivity (Wildman–Crippen MR) is 111 cm³/mol. The van der Waals surface area contributed by atoms with E-state index in [4.69, 9.17) is 4.74 Å². The van der Waals surface area contributed by atoms with Crippen molar-refractivity contribution in [2.45, 2.75) is 39.8 Å². The molecule has 0 aliphatic carbocycles. The molecule has 1 amide bonds. The van der Waals surface area contributed by atoms with Crippen molar-refractivity contribution in [1.82, 2.24) is 14.5 Å². The van der Waals surface area contributed by atoms with Crippen molar-refractivity contribution in [3.8, 4) is 0 Å². The Hall–Kier alpha value is -1.48. The minimum Gasteiger partial charge on any atom is -0.379 e. The average molecular weight is 412 g/mol. The molecule has 28 heavy (non-hydrogen) atoms. The number of sulfonamides is 1. The molecule has 7 nitrogen and oxygen atoms in total. The third-order valence-corrected chi connectivity index (χ3v) is 6.65. The van der Waals surface area contributed by atoms with Gasteiger partial charge in [-0.2, -0.15) is 4.31 Å². The highest BCUT2D eigenvalue weighted by atomic mass is 32.2. The van der Waals surface area contributed by atoms with Crippen LogP contribution in [0.15, 0.2) is 24.3 Å². The molecule has 8 heteroatoms. The summed E-state index contributed by atoms with van der Waals surface area (Å²) >= 11 is 0. The van der Waals surface area contributed by atoms with Crippen molar-refractivity contribution in [3.05, 3.63) is 35.4 Å². The molecule has 0 unspecified atom stereocenters. The molecule has 1 aromatic carbocycles. The second-order valence-corrected chi connectivity index (χ2v) is 9.56. The molecule has 0 aromatic heterocycles. The second-order valence-electron chi connectivity index (χ2n) is 7.30. The fourth-order valence-corrected chi connectivity index (χ4v) is 4.15. The number of carbonyl (C=O) groups is 1. The molecule has 0 saturated carbocycles. The highest BCUT2D eigenvalue weighted by Crippen LogP contribution is 2.12. The molecule has 1 N–H and O–H groups in total. The third kappa shape index (κ3) is 7.16. The maximum Gasteiger partial charge on any atom is 0.251 e. The Labute approximate surface area is 169 Å². The third-order valence-electron chi connectivity index (χ3n) is 4.77. The molecule has 1 aliphatic heterocycles. The van der Waals surface area contributed by atoms with Gasteiger partial charge in [-0.1, -0.05) is 12.1 Å². The van der Waals surface area contributed by atoms with Crippen LogP contribution < -0.4 is 5.32 Å². The van der Waals surface area contributed by atoms with Gasteiger partial charge in [0, 0.05) is 51.4 Å². The first kappa shape index (κ1) is 22.8. The highest BCUT2D eigenvalue weighted by Gasteiger charge is 2.25. The molecular weight excluding hydrogens is 378 g/mol. The summed E-state index contributed by atoms with van der Waals surface area (Å²) in [5.41, 5.74) is 1.76. The number of rotatable bonds is 10. The van der Waals surface area contributed by atoms with E-state index in [0.717, 1.165) is 31.6 Å². The number of benzene rings is 1. The zero-order valence-electron chi connectivity index (χ0n) is 17.2. The van der Waals surface area contributed by atoms with Gasteiger partial charge < -0.3 is 10.1 Å². The Morgan fingerprint density at radius 3 is 2.36 bits per heavy atom. The van der Waals surface area contributed by atoms with Gasteiger partial charge in [0.2, 0.25) is 10.0 Å². The van der Waals surface area contributed by atoms with E-state index in [1.165, 1.54) is 0 Å². The second kappa shape index (κ2) is 10.9. The van der Waals surface area contributed by atoms with Gasteiger partial charge in [0.25, 0.3) is 5.91 Å². The van der Waals surface area contributed by atoms with Gasteiger partial charge in [0.15, 0.2) is 0 Å². The topological polar surface area (TPSA) is 79.0 Å². The number of carbonyl (C=O) groups excluding carboxylic acids is 1. The fraction of sp³-hybridized carbons (Fsp3) is 0.650. The lowest BCUT2D eigenvalue weighted by Gasteiger charge is -2.33. The number of amides is 1. The summed E-state index contributed by atoms with van der Waals surface area (Å²) < 4.78 is 30.9. The van der Waals surface area contributed by atoms with Crippen LogP contribution in [-0.4, -0.2) is 74.7 Å². The van der Waals surface area contributed by atoms with Crippen LogP contribution in [0.5, 0.6) is 0 Å². The van der Waals surface area contributed by atoms with E-state index in [2.05, 4.69) is 10.2 Å². The van der Waals surface area contributed by atoms with E-state index < -0.39 is 10.0 Å². The fourth-order valence-electron chi connectivity index (χ4n) is 3.06. The zero-order valence-corrected chi connectivity index (χ0v) is 18.0. The van der Waals surface area contributed by atoms with E-state index >= 15 is 0 Å². The highest BCUT2D eigenvalue weighted by molar-refractivity contribution is 7.89. The van der Waals surface area contributed by atoms with Gasteiger partial charge in [0.1, 0.15) is 0 Å². The molecule has 1 aliphatic rings. The summed E-state index contributed by atoms with van der Waals surface area (Å²) in [4.78, 5) is 14.4. The molecule has 1 heterocycles. The summed E-state index contributed by atoms with van der Waals surface area (Å²) in [7, 11) is -3.09. The molecule has 1 aromatic rings. The van der Waals surface area contributed by atoms with Crippen LogP contribution in [0.1, 0.15) is 43.1 Å². The van der Waals surface area contributed by atoms with Gasteiger partial charge >= 0.3 is 0 Å². The van der Waals surface area contributed by atoms with Crippen molar-refractivity contribution >= 4 is 15.9 Å².